The minimum absolute atomic E-state index is 0.00742. The number of aliphatic imine (C=N–C) groups is 1. The molecule has 3 amide bonds. The normalized spacial score (nSPS) is 17.8. The molecule has 0 unspecified atom stereocenters. The average Bonchev–Trinajstić information content (AvgIpc) is 3.66. The van der Waals surface area contributed by atoms with Gasteiger partial charge in [-0.2, -0.15) is 5.10 Å². The molecule has 1 fully saturated rings. The van der Waals surface area contributed by atoms with E-state index in [1.54, 1.807) is 54.7 Å². The Morgan fingerprint density at radius 1 is 1.07 bits per heavy atom. The first-order valence-electron chi connectivity index (χ1n) is 12.7. The number of primary amides is 1. The third kappa shape index (κ3) is 4.49. The van der Waals surface area contributed by atoms with Crippen molar-refractivity contribution in [3.05, 3.63) is 77.7 Å². The molecule has 202 valence electrons. The fourth-order valence-corrected chi connectivity index (χ4v) is 5.29. The third-order valence-corrected chi connectivity index (χ3v) is 7.24. The largest absolute Gasteiger partial charge is 0.364 e. The fraction of sp³-hybridized carbons (Fsp3) is 0.207. The smallest absolute Gasteiger partial charge is 0.269 e. The van der Waals surface area contributed by atoms with E-state index in [1.807, 2.05) is 6.07 Å². The predicted octanol–water partition coefficient (Wildman–Crippen LogP) is 3.78. The summed E-state index contributed by atoms with van der Waals surface area (Å²) in [5.41, 5.74) is 8.57. The van der Waals surface area contributed by atoms with Crippen LogP contribution in [0.15, 0.2) is 65.7 Å². The number of amides is 3. The van der Waals surface area contributed by atoms with Crippen LogP contribution in [-0.4, -0.2) is 57.4 Å². The summed E-state index contributed by atoms with van der Waals surface area (Å²) in [5, 5.41) is 7.19. The molecule has 4 aromatic rings. The molecule has 3 aromatic carbocycles. The molecule has 9 nitrogen and oxygen atoms in total. The van der Waals surface area contributed by atoms with Crippen molar-refractivity contribution in [3.8, 4) is 11.1 Å². The van der Waals surface area contributed by atoms with E-state index in [-0.39, 0.29) is 36.5 Å². The molecule has 2 aliphatic heterocycles. The molecule has 1 aromatic heterocycles. The molecule has 3 N–H and O–H groups in total. The van der Waals surface area contributed by atoms with E-state index in [2.05, 4.69) is 15.4 Å². The molecule has 3 heterocycles. The first-order chi connectivity index (χ1) is 19.3. The number of rotatable bonds is 6. The summed E-state index contributed by atoms with van der Waals surface area (Å²) in [7, 11) is 0. The number of para-hydroxylation sites is 1. The Morgan fingerprint density at radius 2 is 1.90 bits per heavy atom. The van der Waals surface area contributed by atoms with Crippen molar-refractivity contribution < 1.29 is 23.2 Å². The summed E-state index contributed by atoms with van der Waals surface area (Å²) >= 11 is 0. The van der Waals surface area contributed by atoms with Crippen LogP contribution in [0.25, 0.3) is 22.0 Å². The molecule has 11 heteroatoms. The van der Waals surface area contributed by atoms with E-state index in [0.717, 1.165) is 22.6 Å². The van der Waals surface area contributed by atoms with Crippen molar-refractivity contribution in [3.63, 3.8) is 0 Å². The number of hydrogen-bond donors (Lipinski definition) is 2. The Bertz CT molecular complexity index is 1720. The Labute approximate surface area is 227 Å². The van der Waals surface area contributed by atoms with Gasteiger partial charge in [-0.1, -0.05) is 42.5 Å². The van der Waals surface area contributed by atoms with Gasteiger partial charge in [0.25, 0.3) is 5.91 Å². The topological polar surface area (TPSA) is 123 Å². The number of nitrogens with two attached hydrogens (primary N) is 1. The molecule has 0 bridgehead atoms. The molecule has 0 saturated carbocycles. The SMILES string of the molecule is NC(=O)c1nn(CC(=O)N2C[C@H](F)C[C@H]2C(=O)Nc2cccc(-c3ccc4c(c3)N=CC4)c2F)c2ccccc12. The highest BCUT2D eigenvalue weighted by molar-refractivity contribution is 6.04. The molecule has 0 aliphatic carbocycles. The van der Waals surface area contributed by atoms with Crippen LogP contribution in [0.2, 0.25) is 0 Å². The zero-order valence-corrected chi connectivity index (χ0v) is 21.2. The number of likely N-dealkylation sites (tertiary alicyclic amines) is 1. The van der Waals surface area contributed by atoms with Crippen molar-refractivity contribution in [2.45, 2.75) is 31.6 Å². The summed E-state index contributed by atoms with van der Waals surface area (Å²) in [4.78, 5) is 43.8. The lowest BCUT2D eigenvalue weighted by molar-refractivity contribution is -0.137. The summed E-state index contributed by atoms with van der Waals surface area (Å²) in [6.07, 6.45) is 0.857. The first kappa shape index (κ1) is 25.4. The minimum atomic E-state index is -1.43. The monoisotopic (exact) mass is 542 g/mol. The number of nitrogens with zero attached hydrogens (tertiary/aromatic N) is 4. The number of aromatic nitrogens is 2. The van der Waals surface area contributed by atoms with E-state index in [9.17, 15) is 18.8 Å². The van der Waals surface area contributed by atoms with Gasteiger partial charge in [-0.05, 0) is 29.3 Å². The van der Waals surface area contributed by atoms with Gasteiger partial charge in [0.15, 0.2) is 11.5 Å². The molecule has 2 atom stereocenters. The molecule has 1 saturated heterocycles. The highest BCUT2D eigenvalue weighted by Gasteiger charge is 2.40. The van der Waals surface area contributed by atoms with Gasteiger partial charge in [0, 0.05) is 30.0 Å². The summed E-state index contributed by atoms with van der Waals surface area (Å²) < 4.78 is 31.4. The van der Waals surface area contributed by atoms with Crippen LogP contribution in [0.4, 0.5) is 20.2 Å². The first-order valence-corrected chi connectivity index (χ1v) is 12.7. The number of halogens is 2. The highest BCUT2D eigenvalue weighted by Crippen LogP contribution is 2.34. The number of benzene rings is 3. The van der Waals surface area contributed by atoms with Crippen molar-refractivity contribution in [2.75, 3.05) is 11.9 Å². The Balaban J connectivity index is 1.22. The quantitative estimate of drug-likeness (QED) is 0.385. The maximum atomic E-state index is 15.5. The van der Waals surface area contributed by atoms with Crippen molar-refractivity contribution >= 4 is 46.2 Å². The van der Waals surface area contributed by atoms with Crippen LogP contribution in [0, 0.1) is 5.82 Å². The Kier molecular flexibility index (Phi) is 6.33. The predicted molar refractivity (Wildman–Crippen MR) is 146 cm³/mol. The summed E-state index contributed by atoms with van der Waals surface area (Å²) in [6.45, 7) is -0.633. The molecule has 0 radical (unpaired) electrons. The van der Waals surface area contributed by atoms with Gasteiger partial charge in [-0.15, -0.1) is 0 Å². The maximum absolute atomic E-state index is 15.5. The average molecular weight is 543 g/mol. The van der Waals surface area contributed by atoms with E-state index in [1.165, 1.54) is 10.7 Å². The molecule has 2 aliphatic rings. The van der Waals surface area contributed by atoms with Crippen LogP contribution < -0.4 is 11.1 Å². The summed E-state index contributed by atoms with van der Waals surface area (Å²) in [6, 6.07) is 15.7. The van der Waals surface area contributed by atoms with Crippen LogP contribution in [0.1, 0.15) is 22.5 Å². The number of alkyl halides is 1. The lowest BCUT2D eigenvalue weighted by atomic mass is 10.0. The fourth-order valence-electron chi connectivity index (χ4n) is 5.29. The van der Waals surface area contributed by atoms with E-state index in [4.69, 9.17) is 5.73 Å². The number of nitrogens with one attached hydrogen (secondary N) is 1. The molecule has 6 rings (SSSR count). The second-order valence-corrected chi connectivity index (χ2v) is 9.80. The number of anilines is 1. The zero-order valence-electron chi connectivity index (χ0n) is 21.2. The van der Waals surface area contributed by atoms with Gasteiger partial charge in [0.1, 0.15) is 18.8 Å². The lowest BCUT2D eigenvalue weighted by Gasteiger charge is -2.24. The van der Waals surface area contributed by atoms with Crippen LogP contribution in [-0.2, 0) is 22.6 Å². The minimum Gasteiger partial charge on any atom is -0.364 e. The molecule has 40 heavy (non-hydrogen) atoms. The van der Waals surface area contributed by atoms with Crippen LogP contribution in [0.5, 0.6) is 0 Å². The lowest BCUT2D eigenvalue weighted by Crippen LogP contribution is -2.44. The van der Waals surface area contributed by atoms with Crippen LogP contribution in [0.3, 0.4) is 0 Å². The van der Waals surface area contributed by atoms with Gasteiger partial charge >= 0.3 is 0 Å². The number of carbonyl (C=O) groups excluding carboxylic acids is 3. The number of hydrogen-bond acceptors (Lipinski definition) is 5. The summed E-state index contributed by atoms with van der Waals surface area (Å²) in [5.74, 6) is -2.67. The van der Waals surface area contributed by atoms with Gasteiger partial charge in [0.05, 0.1) is 23.4 Å². The van der Waals surface area contributed by atoms with Crippen LogP contribution >= 0.6 is 0 Å². The van der Waals surface area contributed by atoms with Crippen molar-refractivity contribution in [1.29, 1.82) is 0 Å². The second kappa shape index (κ2) is 9.99. The van der Waals surface area contributed by atoms with Gasteiger partial charge in [-0.25, -0.2) is 8.78 Å². The zero-order chi connectivity index (χ0) is 28.0. The molecular formula is C29H24F2N6O3. The Morgan fingerprint density at radius 3 is 2.73 bits per heavy atom. The molecule has 0 spiro atoms. The van der Waals surface area contributed by atoms with Gasteiger partial charge in [0.2, 0.25) is 11.8 Å². The standard InChI is InChI=1S/C29H24F2N6O3/c30-18-13-24(36(14-18)25(38)15-37-23-7-2-1-4-20(23)27(35-37)28(32)39)29(40)34-21-6-3-5-19(26(21)31)17-9-8-16-10-11-33-22(16)12-17/h1-9,11-12,18,24H,10,13-15H2,(H2,32,39)(H,34,40)/t18-,24+/m1/s1. The molecular weight excluding hydrogens is 518 g/mol. The Hall–Kier alpha value is -4.93. The second-order valence-electron chi connectivity index (χ2n) is 9.80. The van der Waals surface area contributed by atoms with Gasteiger partial charge < -0.3 is 16.0 Å². The number of carbonyl (C=O) groups is 3. The maximum Gasteiger partial charge on any atom is 0.269 e. The van der Waals surface area contributed by atoms with E-state index in [0.29, 0.717) is 16.5 Å². The van der Waals surface area contributed by atoms with Gasteiger partial charge in [-0.3, -0.25) is 24.1 Å². The van der Waals surface area contributed by atoms with E-state index >= 15 is 4.39 Å². The van der Waals surface area contributed by atoms with Crippen molar-refractivity contribution in [2.24, 2.45) is 10.7 Å². The van der Waals surface area contributed by atoms with Crippen molar-refractivity contribution in [1.82, 2.24) is 14.7 Å². The number of fused-ring (bicyclic) bond motifs is 2. The third-order valence-electron chi connectivity index (χ3n) is 7.24. The van der Waals surface area contributed by atoms with E-state index < -0.39 is 35.8 Å². The highest BCUT2D eigenvalue weighted by atomic mass is 19.1.